The Balaban J connectivity index is 1.53. The molecule has 0 bridgehead atoms. The van der Waals surface area contributed by atoms with Gasteiger partial charge in [-0.3, -0.25) is 9.69 Å². The van der Waals surface area contributed by atoms with Gasteiger partial charge in [-0.15, -0.1) is 0 Å². The highest BCUT2D eigenvalue weighted by Crippen LogP contribution is 2.33. The molecular weight excluding hydrogens is 465 g/mol. The Bertz CT molecular complexity index is 1060. The molecule has 1 unspecified atom stereocenters. The van der Waals surface area contributed by atoms with Crippen LogP contribution in [0.15, 0.2) is 52.2 Å². The molecule has 194 valence electrons. The molecule has 0 radical (unpaired) electrons. The van der Waals surface area contributed by atoms with Gasteiger partial charge in [0.15, 0.2) is 0 Å². The minimum absolute atomic E-state index is 0.135. The van der Waals surface area contributed by atoms with Crippen molar-refractivity contribution in [2.45, 2.75) is 38.8 Å². The average molecular weight is 500 g/mol. The van der Waals surface area contributed by atoms with Gasteiger partial charge in [-0.05, 0) is 50.6 Å². The number of ether oxygens (including phenoxy) is 1. The fourth-order valence-corrected chi connectivity index (χ4v) is 4.23. The van der Waals surface area contributed by atoms with Crippen molar-refractivity contribution in [3.63, 3.8) is 0 Å². The van der Waals surface area contributed by atoms with Gasteiger partial charge >= 0.3 is 6.03 Å². The van der Waals surface area contributed by atoms with Crippen molar-refractivity contribution in [2.75, 3.05) is 45.9 Å². The Labute approximate surface area is 210 Å². The molecule has 1 aromatic carbocycles. The lowest BCUT2D eigenvalue weighted by Crippen LogP contribution is -2.53. The van der Waals surface area contributed by atoms with Crippen molar-refractivity contribution in [1.29, 1.82) is 0 Å². The van der Waals surface area contributed by atoms with Crippen LogP contribution in [0.1, 0.15) is 44.6 Å². The number of hydrogen-bond donors (Lipinski definition) is 1. The van der Waals surface area contributed by atoms with Crippen molar-refractivity contribution in [2.24, 2.45) is 5.10 Å². The normalized spacial score (nSPS) is 18.7. The van der Waals surface area contributed by atoms with E-state index in [4.69, 9.17) is 9.15 Å². The molecule has 2 aromatic rings. The van der Waals surface area contributed by atoms with Crippen LogP contribution in [0.3, 0.4) is 0 Å². The molecule has 1 N–H and O–H groups in total. The summed E-state index contributed by atoms with van der Waals surface area (Å²) in [6.07, 6.45) is 1.98. The van der Waals surface area contributed by atoms with Gasteiger partial charge < -0.3 is 19.4 Å². The van der Waals surface area contributed by atoms with Gasteiger partial charge in [0, 0.05) is 38.1 Å². The lowest BCUT2D eigenvalue weighted by molar-refractivity contribution is -0.134. The van der Waals surface area contributed by atoms with E-state index in [1.807, 2.05) is 20.8 Å². The van der Waals surface area contributed by atoms with Crippen molar-refractivity contribution < 1.29 is 23.1 Å². The van der Waals surface area contributed by atoms with Crippen molar-refractivity contribution in [3.8, 4) is 0 Å². The number of halogens is 1. The maximum absolute atomic E-state index is 13.6. The summed E-state index contributed by atoms with van der Waals surface area (Å²) >= 11 is 0. The number of amides is 3. The first-order chi connectivity index (χ1) is 17.2. The number of urea groups is 1. The lowest BCUT2D eigenvalue weighted by Gasteiger charge is -2.32. The van der Waals surface area contributed by atoms with Gasteiger partial charge in [0.25, 0.3) is 5.91 Å². The van der Waals surface area contributed by atoms with Crippen LogP contribution < -0.4 is 5.32 Å². The smallest absolute Gasteiger partial charge is 0.318 e. The molecule has 36 heavy (non-hydrogen) atoms. The zero-order valence-electron chi connectivity index (χ0n) is 21.1. The van der Waals surface area contributed by atoms with Crippen molar-refractivity contribution in [1.82, 2.24) is 20.1 Å². The van der Waals surface area contributed by atoms with E-state index in [1.165, 1.54) is 22.0 Å². The molecule has 1 fully saturated rings. The van der Waals surface area contributed by atoms with Crippen molar-refractivity contribution in [3.05, 3.63) is 59.8 Å². The van der Waals surface area contributed by atoms with Crippen molar-refractivity contribution >= 4 is 17.6 Å². The summed E-state index contributed by atoms with van der Waals surface area (Å²) in [6, 6.07) is 8.85. The Morgan fingerprint density at radius 1 is 1.17 bits per heavy atom. The van der Waals surface area contributed by atoms with Gasteiger partial charge in [0.1, 0.15) is 24.2 Å². The SMILES string of the molecule is CC(C)(C)NC(=O)N(CCN1CCOCC1)CC(=O)N1N=C(c2ccc(F)cc2)CC1c1ccco1. The summed E-state index contributed by atoms with van der Waals surface area (Å²) in [5.41, 5.74) is 0.942. The highest BCUT2D eigenvalue weighted by molar-refractivity contribution is 6.03. The summed E-state index contributed by atoms with van der Waals surface area (Å²) in [4.78, 5) is 30.5. The number of carbonyl (C=O) groups excluding carboxylic acids is 2. The molecule has 0 spiro atoms. The number of nitrogens with one attached hydrogen (secondary N) is 1. The van der Waals surface area contributed by atoms with Gasteiger partial charge in [0.05, 0.1) is 25.2 Å². The number of nitrogens with zero attached hydrogens (tertiary/aromatic N) is 4. The summed E-state index contributed by atoms with van der Waals surface area (Å²) in [7, 11) is 0. The van der Waals surface area contributed by atoms with Crippen LogP contribution >= 0.6 is 0 Å². The molecule has 1 saturated heterocycles. The van der Waals surface area contributed by atoms with Crippen LogP contribution in [-0.2, 0) is 9.53 Å². The fraction of sp³-hybridized carbons (Fsp3) is 0.500. The summed E-state index contributed by atoms with van der Waals surface area (Å²) in [5.74, 6) is -0.0589. The molecule has 0 saturated carbocycles. The second kappa shape index (κ2) is 11.2. The van der Waals surface area contributed by atoms with Gasteiger partial charge in [0.2, 0.25) is 0 Å². The number of furan rings is 1. The highest BCUT2D eigenvalue weighted by atomic mass is 19.1. The topological polar surface area (TPSA) is 90.6 Å². The highest BCUT2D eigenvalue weighted by Gasteiger charge is 2.36. The zero-order valence-corrected chi connectivity index (χ0v) is 21.1. The van der Waals surface area contributed by atoms with Crippen LogP contribution in [0.4, 0.5) is 9.18 Å². The molecule has 3 amide bonds. The molecule has 10 heteroatoms. The first-order valence-electron chi connectivity index (χ1n) is 12.3. The molecule has 3 heterocycles. The Morgan fingerprint density at radius 3 is 2.53 bits per heavy atom. The molecule has 2 aliphatic rings. The van der Waals surface area contributed by atoms with E-state index in [0.29, 0.717) is 44.2 Å². The first kappa shape index (κ1) is 25.8. The van der Waals surface area contributed by atoms with E-state index in [-0.39, 0.29) is 24.3 Å². The third-order valence-corrected chi connectivity index (χ3v) is 6.10. The number of benzene rings is 1. The second-order valence-corrected chi connectivity index (χ2v) is 10.1. The number of hydrazone groups is 1. The maximum atomic E-state index is 13.6. The molecule has 1 atom stereocenters. The Kier molecular flexibility index (Phi) is 8.05. The van der Waals surface area contributed by atoms with E-state index in [0.717, 1.165) is 18.7 Å². The average Bonchev–Trinajstić information content (AvgIpc) is 3.52. The summed E-state index contributed by atoms with van der Waals surface area (Å²) in [6.45, 7) is 9.50. The van der Waals surface area contributed by atoms with E-state index in [1.54, 1.807) is 30.5 Å². The molecular formula is C26H34FN5O4. The number of hydrogen-bond acceptors (Lipinski definition) is 6. The van der Waals surface area contributed by atoms with E-state index in [9.17, 15) is 14.0 Å². The number of morpholine rings is 1. The fourth-order valence-electron chi connectivity index (χ4n) is 4.23. The largest absolute Gasteiger partial charge is 0.467 e. The minimum atomic E-state index is -0.449. The molecule has 2 aliphatic heterocycles. The zero-order chi connectivity index (χ0) is 25.7. The molecule has 9 nitrogen and oxygen atoms in total. The van der Waals surface area contributed by atoms with Gasteiger partial charge in [-0.2, -0.15) is 5.10 Å². The van der Waals surface area contributed by atoms with E-state index < -0.39 is 11.6 Å². The Morgan fingerprint density at radius 2 is 1.89 bits per heavy atom. The third-order valence-electron chi connectivity index (χ3n) is 6.10. The first-order valence-corrected chi connectivity index (χ1v) is 12.3. The quantitative estimate of drug-likeness (QED) is 0.632. The van der Waals surface area contributed by atoms with Crippen LogP contribution in [0.5, 0.6) is 0 Å². The Hall–Kier alpha value is -3.24. The van der Waals surface area contributed by atoms with Crippen LogP contribution in [0.2, 0.25) is 0 Å². The monoisotopic (exact) mass is 499 g/mol. The summed E-state index contributed by atoms with van der Waals surface area (Å²) < 4.78 is 24.5. The molecule has 4 rings (SSSR count). The van der Waals surface area contributed by atoms with Crippen LogP contribution in [0.25, 0.3) is 0 Å². The second-order valence-electron chi connectivity index (χ2n) is 10.1. The third kappa shape index (κ3) is 6.70. The maximum Gasteiger partial charge on any atom is 0.318 e. The number of carbonyl (C=O) groups is 2. The van der Waals surface area contributed by atoms with Crippen LogP contribution in [0, 0.1) is 5.82 Å². The van der Waals surface area contributed by atoms with Gasteiger partial charge in [-0.1, -0.05) is 12.1 Å². The molecule has 0 aliphatic carbocycles. The summed E-state index contributed by atoms with van der Waals surface area (Å²) in [5, 5.41) is 8.95. The minimum Gasteiger partial charge on any atom is -0.467 e. The predicted molar refractivity (Wildman–Crippen MR) is 133 cm³/mol. The van der Waals surface area contributed by atoms with E-state index >= 15 is 0 Å². The standard InChI is InChI=1S/C26H34FN5O4/c1-26(2,3)28-25(34)31(11-10-30-12-15-35-16-13-30)18-24(33)32-22(23-5-4-14-36-23)17-21(29-32)19-6-8-20(27)9-7-19/h4-9,14,22H,10-13,15-18H2,1-3H3,(H,28,34). The van der Waals surface area contributed by atoms with Crippen LogP contribution in [-0.4, -0.2) is 83.9 Å². The molecule has 1 aromatic heterocycles. The number of rotatable bonds is 7. The van der Waals surface area contributed by atoms with E-state index in [2.05, 4.69) is 15.3 Å². The lowest BCUT2D eigenvalue weighted by atomic mass is 10.0. The predicted octanol–water partition coefficient (Wildman–Crippen LogP) is 3.24. The van der Waals surface area contributed by atoms with Gasteiger partial charge in [-0.25, -0.2) is 14.2 Å².